The Bertz CT molecular complexity index is 964. The number of fused-ring (bicyclic) bond motifs is 2. The van der Waals surface area contributed by atoms with Crippen molar-refractivity contribution in [2.75, 3.05) is 56.7 Å². The topological polar surface area (TPSA) is 67.2 Å². The molecule has 2 aromatic heterocycles. The molecule has 0 atom stereocenters. The normalized spacial score (nSPS) is 17.3. The van der Waals surface area contributed by atoms with Crippen LogP contribution in [0.4, 0.5) is 17.3 Å². The highest BCUT2D eigenvalue weighted by molar-refractivity contribution is 5.64. The Morgan fingerprint density at radius 1 is 0.963 bits per heavy atom. The van der Waals surface area contributed by atoms with E-state index in [1.165, 1.54) is 0 Å². The monoisotopic (exact) mass is 366 g/mol. The Labute approximate surface area is 157 Å². The van der Waals surface area contributed by atoms with Gasteiger partial charge in [0.25, 0.3) is 0 Å². The second kappa shape index (κ2) is 6.62. The van der Waals surface area contributed by atoms with E-state index in [-0.39, 0.29) is 0 Å². The van der Waals surface area contributed by atoms with E-state index >= 15 is 0 Å². The van der Waals surface area contributed by atoms with E-state index in [0.29, 0.717) is 13.2 Å². The van der Waals surface area contributed by atoms with Crippen molar-refractivity contribution in [3.63, 3.8) is 0 Å². The van der Waals surface area contributed by atoms with Crippen molar-refractivity contribution >= 4 is 23.0 Å². The molecule has 8 heteroatoms. The molecule has 0 spiro atoms. The van der Waals surface area contributed by atoms with Crippen LogP contribution in [0.5, 0.6) is 11.5 Å². The Kier molecular flexibility index (Phi) is 3.97. The first kappa shape index (κ1) is 16.2. The van der Waals surface area contributed by atoms with E-state index < -0.39 is 0 Å². The van der Waals surface area contributed by atoms with E-state index in [2.05, 4.69) is 27.1 Å². The smallest absolute Gasteiger partial charge is 0.163 e. The van der Waals surface area contributed by atoms with E-state index in [4.69, 9.17) is 14.6 Å². The molecule has 1 aromatic carbocycles. The molecule has 2 aliphatic heterocycles. The number of hydrogen-bond acceptors (Lipinski definition) is 7. The van der Waals surface area contributed by atoms with E-state index in [1.807, 2.05) is 34.8 Å². The third-order valence-corrected chi connectivity index (χ3v) is 4.99. The fraction of sp³-hybridized carbons (Fsp3) is 0.368. The van der Waals surface area contributed by atoms with Gasteiger partial charge in [-0.1, -0.05) is 0 Å². The average Bonchev–Trinajstić information content (AvgIpc) is 3.10. The summed E-state index contributed by atoms with van der Waals surface area (Å²) in [5.74, 6) is 3.32. The number of likely N-dealkylation sites (N-methyl/N-ethyl adjacent to an activating group) is 1. The van der Waals surface area contributed by atoms with Gasteiger partial charge in [0.2, 0.25) is 0 Å². The van der Waals surface area contributed by atoms with Gasteiger partial charge < -0.3 is 24.6 Å². The number of hydrogen-bond donors (Lipinski definition) is 1. The molecule has 8 nitrogen and oxygen atoms in total. The van der Waals surface area contributed by atoms with Crippen LogP contribution in [0.1, 0.15) is 0 Å². The predicted molar refractivity (Wildman–Crippen MR) is 103 cm³/mol. The van der Waals surface area contributed by atoms with Gasteiger partial charge in [0.1, 0.15) is 19.0 Å². The molecule has 0 amide bonds. The summed E-state index contributed by atoms with van der Waals surface area (Å²) in [7, 11) is 2.15. The minimum atomic E-state index is 0.571. The summed E-state index contributed by atoms with van der Waals surface area (Å²) in [6.45, 7) is 5.22. The van der Waals surface area contributed by atoms with Gasteiger partial charge in [-0.05, 0) is 31.3 Å². The number of ether oxygens (including phenoxy) is 2. The molecule has 140 valence electrons. The fourth-order valence-corrected chi connectivity index (χ4v) is 3.42. The second-order valence-corrected chi connectivity index (χ2v) is 6.88. The maximum atomic E-state index is 5.66. The molecule has 0 aliphatic carbocycles. The lowest BCUT2D eigenvalue weighted by Gasteiger charge is -2.33. The van der Waals surface area contributed by atoms with Crippen molar-refractivity contribution in [3.8, 4) is 11.5 Å². The van der Waals surface area contributed by atoms with Crippen molar-refractivity contribution in [2.45, 2.75) is 0 Å². The number of piperazine rings is 1. The molecular formula is C19H22N6O2. The summed E-state index contributed by atoms with van der Waals surface area (Å²) in [6, 6.07) is 9.88. The van der Waals surface area contributed by atoms with Crippen molar-refractivity contribution < 1.29 is 9.47 Å². The fourth-order valence-electron chi connectivity index (χ4n) is 3.42. The van der Waals surface area contributed by atoms with Gasteiger partial charge >= 0.3 is 0 Å². The van der Waals surface area contributed by atoms with Crippen LogP contribution >= 0.6 is 0 Å². The van der Waals surface area contributed by atoms with Crippen molar-refractivity contribution in [3.05, 3.63) is 36.5 Å². The molecule has 1 saturated heterocycles. The number of rotatable bonds is 3. The van der Waals surface area contributed by atoms with Gasteiger partial charge in [0, 0.05) is 37.9 Å². The quantitative estimate of drug-likeness (QED) is 0.760. The Morgan fingerprint density at radius 2 is 1.78 bits per heavy atom. The zero-order valence-corrected chi connectivity index (χ0v) is 15.3. The van der Waals surface area contributed by atoms with E-state index in [9.17, 15) is 0 Å². The Hall–Kier alpha value is -3.00. The average molecular weight is 366 g/mol. The number of benzene rings is 1. The van der Waals surface area contributed by atoms with Crippen LogP contribution in [0.3, 0.4) is 0 Å². The predicted octanol–water partition coefficient (Wildman–Crippen LogP) is 2.00. The number of nitrogens with one attached hydrogen (secondary N) is 1. The number of imidazole rings is 1. The lowest BCUT2D eigenvalue weighted by atomic mass is 10.2. The molecule has 0 unspecified atom stereocenters. The molecule has 5 rings (SSSR count). The van der Waals surface area contributed by atoms with Gasteiger partial charge in [-0.2, -0.15) is 4.52 Å². The first-order valence-corrected chi connectivity index (χ1v) is 9.21. The molecular weight excluding hydrogens is 344 g/mol. The minimum Gasteiger partial charge on any atom is -0.486 e. The maximum Gasteiger partial charge on any atom is 0.163 e. The third-order valence-electron chi connectivity index (χ3n) is 4.99. The highest BCUT2D eigenvalue weighted by Gasteiger charge is 2.17. The summed E-state index contributed by atoms with van der Waals surface area (Å²) in [4.78, 5) is 9.10. The summed E-state index contributed by atoms with van der Waals surface area (Å²) in [5, 5.41) is 8.20. The molecule has 1 N–H and O–H groups in total. The molecule has 0 radical (unpaired) electrons. The summed E-state index contributed by atoms with van der Waals surface area (Å²) < 4.78 is 13.1. The van der Waals surface area contributed by atoms with Crippen LogP contribution in [-0.4, -0.2) is 65.9 Å². The highest BCUT2D eigenvalue weighted by atomic mass is 16.6. The van der Waals surface area contributed by atoms with Crippen LogP contribution < -0.4 is 19.7 Å². The molecule has 4 heterocycles. The van der Waals surface area contributed by atoms with Gasteiger partial charge in [-0.25, -0.2) is 4.98 Å². The number of nitrogens with zero attached hydrogens (tertiary/aromatic N) is 5. The summed E-state index contributed by atoms with van der Waals surface area (Å²) in [5.41, 5.74) is 1.72. The van der Waals surface area contributed by atoms with Crippen molar-refractivity contribution in [1.82, 2.24) is 19.5 Å². The lowest BCUT2D eigenvalue weighted by molar-refractivity contribution is 0.171. The largest absolute Gasteiger partial charge is 0.486 e. The minimum absolute atomic E-state index is 0.571. The number of anilines is 3. The maximum absolute atomic E-state index is 5.66. The van der Waals surface area contributed by atoms with Crippen molar-refractivity contribution in [2.24, 2.45) is 0 Å². The first-order chi connectivity index (χ1) is 13.3. The molecule has 27 heavy (non-hydrogen) atoms. The SMILES string of the molecule is CN1CCN(c2ccc3ncc(Nc4ccc5c(c4)OCCO5)n3n2)CC1. The van der Waals surface area contributed by atoms with Crippen LogP contribution in [0.25, 0.3) is 5.65 Å². The van der Waals surface area contributed by atoms with Crippen LogP contribution in [0, 0.1) is 0 Å². The van der Waals surface area contributed by atoms with Gasteiger partial charge in [-0.15, -0.1) is 5.10 Å². The van der Waals surface area contributed by atoms with Gasteiger partial charge in [0.05, 0.1) is 6.20 Å². The number of aromatic nitrogens is 3. The van der Waals surface area contributed by atoms with Crippen LogP contribution in [0.15, 0.2) is 36.5 Å². The molecule has 0 saturated carbocycles. The van der Waals surface area contributed by atoms with E-state index in [1.54, 1.807) is 6.20 Å². The zero-order valence-electron chi connectivity index (χ0n) is 15.3. The summed E-state index contributed by atoms with van der Waals surface area (Å²) >= 11 is 0. The van der Waals surface area contributed by atoms with Crippen molar-refractivity contribution in [1.29, 1.82) is 0 Å². The molecule has 1 fully saturated rings. The molecule has 0 bridgehead atoms. The summed E-state index contributed by atoms with van der Waals surface area (Å²) in [6.07, 6.45) is 1.80. The van der Waals surface area contributed by atoms with Gasteiger partial charge in [0.15, 0.2) is 23.0 Å². The van der Waals surface area contributed by atoms with Crippen LogP contribution in [0.2, 0.25) is 0 Å². The zero-order chi connectivity index (χ0) is 18.2. The standard InChI is InChI=1S/C19H22N6O2/c1-23-6-8-24(9-7-23)18-5-4-17-20-13-19(25(17)22-18)21-14-2-3-15-16(12-14)27-11-10-26-15/h2-5,12-13,21H,6-11H2,1H3. The Balaban J connectivity index is 1.42. The molecule has 2 aliphatic rings. The van der Waals surface area contributed by atoms with E-state index in [0.717, 1.165) is 60.6 Å². The molecule has 3 aromatic rings. The third kappa shape index (κ3) is 3.12. The highest BCUT2D eigenvalue weighted by Crippen LogP contribution is 2.33. The Morgan fingerprint density at radius 3 is 2.63 bits per heavy atom. The lowest BCUT2D eigenvalue weighted by Crippen LogP contribution is -2.44. The van der Waals surface area contributed by atoms with Gasteiger partial charge in [-0.3, -0.25) is 0 Å². The second-order valence-electron chi connectivity index (χ2n) is 6.88. The first-order valence-electron chi connectivity index (χ1n) is 9.21. The van der Waals surface area contributed by atoms with Crippen LogP contribution in [-0.2, 0) is 0 Å².